The molecular weight excluding hydrogens is 148 g/mol. The summed E-state index contributed by atoms with van der Waals surface area (Å²) in [6.07, 6.45) is 3.25. The molecule has 1 nitrogen and oxygen atoms in total. The van der Waals surface area contributed by atoms with Crippen LogP contribution in [0.25, 0.3) is 0 Å². The molecule has 0 aromatic heterocycles. The maximum Gasteiger partial charge on any atom is 0.145 e. The SMILES string of the molecule is CC1=C(C=O)C[C@@H]2[C@H](C1)C2(C)C. The highest BCUT2D eigenvalue weighted by Crippen LogP contribution is 2.65. The van der Waals surface area contributed by atoms with Crippen LogP contribution in [-0.4, -0.2) is 6.29 Å². The molecule has 0 aliphatic heterocycles. The molecule has 2 aliphatic carbocycles. The van der Waals surface area contributed by atoms with E-state index >= 15 is 0 Å². The van der Waals surface area contributed by atoms with Crippen LogP contribution in [0.5, 0.6) is 0 Å². The molecule has 0 radical (unpaired) electrons. The monoisotopic (exact) mass is 164 g/mol. The van der Waals surface area contributed by atoms with Crippen molar-refractivity contribution in [1.82, 2.24) is 0 Å². The maximum atomic E-state index is 10.7. The van der Waals surface area contributed by atoms with Crippen LogP contribution in [0.1, 0.15) is 33.6 Å². The lowest BCUT2D eigenvalue weighted by Gasteiger charge is -2.11. The van der Waals surface area contributed by atoms with Crippen molar-refractivity contribution in [3.63, 3.8) is 0 Å². The third-order valence-corrected chi connectivity index (χ3v) is 3.94. The van der Waals surface area contributed by atoms with E-state index in [9.17, 15) is 4.79 Å². The summed E-state index contributed by atoms with van der Waals surface area (Å²) in [5, 5.41) is 0. The Bertz CT molecular complexity index is 260. The smallest absolute Gasteiger partial charge is 0.145 e. The summed E-state index contributed by atoms with van der Waals surface area (Å²) >= 11 is 0. The normalized spacial score (nSPS) is 37.6. The van der Waals surface area contributed by atoms with Crippen LogP contribution >= 0.6 is 0 Å². The molecule has 0 N–H and O–H groups in total. The van der Waals surface area contributed by atoms with Crippen LogP contribution in [0.2, 0.25) is 0 Å². The summed E-state index contributed by atoms with van der Waals surface area (Å²) in [5.41, 5.74) is 2.91. The minimum Gasteiger partial charge on any atom is -0.298 e. The van der Waals surface area contributed by atoms with Crippen LogP contribution < -0.4 is 0 Å². The lowest BCUT2D eigenvalue weighted by Crippen LogP contribution is -2.00. The summed E-state index contributed by atoms with van der Waals surface area (Å²) in [5.74, 6) is 1.66. The number of allylic oxidation sites excluding steroid dienone is 2. The van der Waals surface area contributed by atoms with E-state index in [-0.39, 0.29) is 0 Å². The van der Waals surface area contributed by atoms with E-state index in [0.29, 0.717) is 5.41 Å². The molecule has 0 amide bonds. The lowest BCUT2D eigenvalue weighted by atomic mass is 9.94. The van der Waals surface area contributed by atoms with E-state index in [2.05, 4.69) is 20.8 Å². The van der Waals surface area contributed by atoms with Gasteiger partial charge in [0.05, 0.1) is 0 Å². The topological polar surface area (TPSA) is 17.1 Å². The molecule has 0 heterocycles. The Hall–Kier alpha value is -0.590. The molecular formula is C11H16O. The van der Waals surface area contributed by atoms with Crippen LogP contribution in [0, 0.1) is 17.3 Å². The second kappa shape index (κ2) is 2.21. The van der Waals surface area contributed by atoms with Crippen LogP contribution in [0.3, 0.4) is 0 Å². The number of hydrogen-bond donors (Lipinski definition) is 0. The van der Waals surface area contributed by atoms with E-state index in [1.54, 1.807) is 0 Å². The predicted molar refractivity (Wildman–Crippen MR) is 48.8 cm³/mol. The Balaban J connectivity index is 2.20. The summed E-state index contributed by atoms with van der Waals surface area (Å²) in [4.78, 5) is 10.7. The highest BCUT2D eigenvalue weighted by Gasteiger charge is 2.58. The van der Waals surface area contributed by atoms with E-state index in [4.69, 9.17) is 0 Å². The van der Waals surface area contributed by atoms with Gasteiger partial charge in [-0.05, 0) is 42.6 Å². The Kier molecular flexibility index (Phi) is 1.48. The zero-order valence-corrected chi connectivity index (χ0v) is 8.05. The zero-order chi connectivity index (χ0) is 8.93. The Morgan fingerprint density at radius 3 is 2.50 bits per heavy atom. The number of fused-ring (bicyclic) bond motifs is 1. The third-order valence-electron chi connectivity index (χ3n) is 3.94. The van der Waals surface area contributed by atoms with E-state index in [1.807, 2.05) is 0 Å². The molecule has 0 aromatic rings. The van der Waals surface area contributed by atoms with Gasteiger partial charge in [-0.1, -0.05) is 19.4 Å². The Morgan fingerprint density at radius 2 is 1.92 bits per heavy atom. The quantitative estimate of drug-likeness (QED) is 0.544. The molecule has 0 spiro atoms. The van der Waals surface area contributed by atoms with Crippen LogP contribution in [0.15, 0.2) is 11.1 Å². The van der Waals surface area contributed by atoms with Gasteiger partial charge in [0.1, 0.15) is 6.29 Å². The average molecular weight is 164 g/mol. The largest absolute Gasteiger partial charge is 0.298 e. The summed E-state index contributed by atoms with van der Waals surface area (Å²) in [6, 6.07) is 0. The minimum atomic E-state index is 0.506. The van der Waals surface area contributed by atoms with E-state index < -0.39 is 0 Å². The van der Waals surface area contributed by atoms with Gasteiger partial charge in [0, 0.05) is 0 Å². The first-order valence-corrected chi connectivity index (χ1v) is 4.71. The molecule has 0 bridgehead atoms. The molecule has 0 unspecified atom stereocenters. The standard InChI is InChI=1S/C11H16O/c1-7-4-9-10(11(9,2)3)5-8(7)6-12/h6,9-10H,4-5H2,1-3H3/t9-,10+/m0/s1. The molecule has 1 fully saturated rings. The van der Waals surface area contributed by atoms with E-state index in [0.717, 1.165) is 36.5 Å². The first kappa shape index (κ1) is 8.03. The molecule has 2 aliphatic rings. The number of aldehydes is 1. The van der Waals surface area contributed by atoms with Crippen LogP contribution in [-0.2, 0) is 4.79 Å². The molecule has 2 atom stereocenters. The second-order valence-electron chi connectivity index (χ2n) is 4.87. The van der Waals surface area contributed by atoms with Crippen molar-refractivity contribution in [1.29, 1.82) is 0 Å². The van der Waals surface area contributed by atoms with Crippen molar-refractivity contribution < 1.29 is 4.79 Å². The van der Waals surface area contributed by atoms with Gasteiger partial charge in [0.2, 0.25) is 0 Å². The van der Waals surface area contributed by atoms with Crippen LogP contribution in [0.4, 0.5) is 0 Å². The highest BCUT2D eigenvalue weighted by molar-refractivity contribution is 5.75. The van der Waals surface area contributed by atoms with Crippen molar-refractivity contribution in [2.75, 3.05) is 0 Å². The fourth-order valence-corrected chi connectivity index (χ4v) is 2.69. The first-order valence-electron chi connectivity index (χ1n) is 4.71. The third kappa shape index (κ3) is 0.886. The fraction of sp³-hybridized carbons (Fsp3) is 0.727. The summed E-state index contributed by atoms with van der Waals surface area (Å²) in [6.45, 7) is 6.75. The first-order chi connectivity index (χ1) is 5.57. The molecule has 2 rings (SSSR count). The number of hydrogen-bond acceptors (Lipinski definition) is 1. The van der Waals surface area contributed by atoms with Gasteiger partial charge in [0.15, 0.2) is 0 Å². The van der Waals surface area contributed by atoms with Gasteiger partial charge in [-0.3, -0.25) is 4.79 Å². The Labute approximate surface area is 73.8 Å². The van der Waals surface area contributed by atoms with Crippen molar-refractivity contribution >= 4 is 6.29 Å². The molecule has 12 heavy (non-hydrogen) atoms. The predicted octanol–water partition coefficient (Wildman–Crippen LogP) is 2.57. The van der Waals surface area contributed by atoms with Gasteiger partial charge in [-0.2, -0.15) is 0 Å². The van der Waals surface area contributed by atoms with Crippen molar-refractivity contribution in [3.05, 3.63) is 11.1 Å². The number of carbonyl (C=O) groups is 1. The fourth-order valence-electron chi connectivity index (χ4n) is 2.69. The maximum absolute atomic E-state index is 10.7. The van der Waals surface area contributed by atoms with Gasteiger partial charge in [0.25, 0.3) is 0 Å². The van der Waals surface area contributed by atoms with Gasteiger partial charge in [-0.25, -0.2) is 0 Å². The summed E-state index contributed by atoms with van der Waals surface area (Å²) < 4.78 is 0. The molecule has 0 saturated heterocycles. The van der Waals surface area contributed by atoms with Crippen molar-refractivity contribution in [2.45, 2.75) is 33.6 Å². The highest BCUT2D eigenvalue weighted by atomic mass is 16.1. The number of rotatable bonds is 1. The number of carbonyl (C=O) groups excluding carboxylic acids is 1. The van der Waals surface area contributed by atoms with Crippen molar-refractivity contribution in [3.8, 4) is 0 Å². The second-order valence-corrected chi connectivity index (χ2v) is 4.87. The molecule has 0 aromatic carbocycles. The lowest BCUT2D eigenvalue weighted by molar-refractivity contribution is -0.105. The molecule has 1 heteroatoms. The summed E-state index contributed by atoms with van der Waals surface area (Å²) in [7, 11) is 0. The zero-order valence-electron chi connectivity index (χ0n) is 8.05. The van der Waals surface area contributed by atoms with Gasteiger partial charge in [-0.15, -0.1) is 0 Å². The average Bonchev–Trinajstić information content (AvgIpc) is 2.52. The molecule has 66 valence electrons. The molecule has 1 saturated carbocycles. The van der Waals surface area contributed by atoms with Crippen molar-refractivity contribution in [2.24, 2.45) is 17.3 Å². The van der Waals surface area contributed by atoms with Gasteiger partial charge < -0.3 is 0 Å². The minimum absolute atomic E-state index is 0.506. The van der Waals surface area contributed by atoms with E-state index in [1.165, 1.54) is 5.57 Å². The Morgan fingerprint density at radius 1 is 1.33 bits per heavy atom. The van der Waals surface area contributed by atoms with Gasteiger partial charge >= 0.3 is 0 Å².